The van der Waals surface area contributed by atoms with E-state index in [0.29, 0.717) is 12.6 Å². The van der Waals surface area contributed by atoms with E-state index in [1.165, 1.54) is 22.0 Å². The summed E-state index contributed by atoms with van der Waals surface area (Å²) in [5.41, 5.74) is 3.74. The summed E-state index contributed by atoms with van der Waals surface area (Å²) in [4.78, 5) is 15.6. The summed E-state index contributed by atoms with van der Waals surface area (Å²) in [5, 5.41) is 7.76. The molecule has 1 aromatic carbocycles. The molecule has 1 amide bonds. The van der Waals surface area contributed by atoms with Gasteiger partial charge in [0.1, 0.15) is 0 Å². The summed E-state index contributed by atoms with van der Waals surface area (Å²) < 4.78 is 0. The highest BCUT2D eigenvalue weighted by molar-refractivity contribution is 5.86. The maximum absolute atomic E-state index is 12.2. The fourth-order valence-corrected chi connectivity index (χ4v) is 3.41. The van der Waals surface area contributed by atoms with E-state index in [-0.39, 0.29) is 11.8 Å². The Hall–Kier alpha value is -1.81. The molecule has 0 radical (unpaired) electrons. The van der Waals surface area contributed by atoms with Crippen molar-refractivity contribution in [1.82, 2.24) is 15.6 Å². The fraction of sp³-hybridized carbons (Fsp3) is 0.500. The summed E-state index contributed by atoms with van der Waals surface area (Å²) in [7, 11) is 0. The number of carbonyl (C=O) groups excluding carboxylic acids is 1. The average molecular weight is 299 g/mol. The number of H-pyrrole nitrogens is 1. The Labute approximate surface area is 131 Å². The Morgan fingerprint density at radius 1 is 1.41 bits per heavy atom. The van der Waals surface area contributed by atoms with Gasteiger partial charge in [-0.15, -0.1) is 0 Å². The maximum Gasteiger partial charge on any atom is 0.223 e. The summed E-state index contributed by atoms with van der Waals surface area (Å²) in [5.74, 6) is 0.380. The van der Waals surface area contributed by atoms with Crippen LogP contribution in [0.4, 0.5) is 0 Å². The van der Waals surface area contributed by atoms with Crippen molar-refractivity contribution in [3.05, 3.63) is 35.5 Å². The molecule has 0 bridgehead atoms. The Balaban J connectivity index is 1.56. The second-order valence-electron chi connectivity index (χ2n) is 6.43. The molecule has 4 nitrogen and oxygen atoms in total. The molecule has 1 fully saturated rings. The number of rotatable bonds is 4. The molecule has 2 aromatic rings. The van der Waals surface area contributed by atoms with Crippen LogP contribution >= 0.6 is 0 Å². The van der Waals surface area contributed by atoms with Gasteiger partial charge < -0.3 is 15.6 Å². The van der Waals surface area contributed by atoms with E-state index in [0.717, 1.165) is 25.8 Å². The van der Waals surface area contributed by atoms with E-state index in [4.69, 9.17) is 0 Å². The minimum Gasteiger partial charge on any atom is -0.361 e. The first-order chi connectivity index (χ1) is 10.6. The van der Waals surface area contributed by atoms with Crippen molar-refractivity contribution in [3.8, 4) is 0 Å². The number of hydrogen-bond donors (Lipinski definition) is 3. The summed E-state index contributed by atoms with van der Waals surface area (Å²) in [6.07, 6.45) is 4.83. The highest BCUT2D eigenvalue weighted by Crippen LogP contribution is 2.21. The van der Waals surface area contributed by atoms with Crippen LogP contribution in [0.1, 0.15) is 30.9 Å². The zero-order chi connectivity index (χ0) is 15.5. The number of aryl methyl sites for hydroxylation is 1. The lowest BCUT2D eigenvalue weighted by molar-refractivity contribution is -0.126. The number of aromatic nitrogens is 1. The van der Waals surface area contributed by atoms with Crippen LogP contribution in [0.15, 0.2) is 24.4 Å². The van der Waals surface area contributed by atoms with Gasteiger partial charge in [-0.25, -0.2) is 0 Å². The first-order valence-electron chi connectivity index (χ1n) is 8.22. The van der Waals surface area contributed by atoms with Crippen molar-refractivity contribution in [1.29, 1.82) is 0 Å². The average Bonchev–Trinajstić information content (AvgIpc) is 2.92. The van der Waals surface area contributed by atoms with Crippen molar-refractivity contribution in [2.45, 2.75) is 39.2 Å². The van der Waals surface area contributed by atoms with E-state index in [1.807, 2.05) is 0 Å². The van der Waals surface area contributed by atoms with Crippen LogP contribution in [0.5, 0.6) is 0 Å². The minimum atomic E-state index is 0.168. The maximum atomic E-state index is 12.2. The van der Waals surface area contributed by atoms with Gasteiger partial charge in [-0.05, 0) is 50.8 Å². The van der Waals surface area contributed by atoms with Gasteiger partial charge in [-0.3, -0.25) is 4.79 Å². The standard InChI is InChI=1S/C18H25N3O/c1-12-4-3-5-16-15(11-21-17(12)16)7-9-20-18(22)14-6-8-19-13(2)10-14/h3-5,11,13-14,19,21H,6-10H2,1-2H3,(H,20,22)/t13-,14-/m0/s1. The van der Waals surface area contributed by atoms with Gasteiger partial charge in [0.2, 0.25) is 5.91 Å². The number of benzene rings is 1. The smallest absolute Gasteiger partial charge is 0.223 e. The Kier molecular flexibility index (Phi) is 4.48. The summed E-state index contributed by atoms with van der Waals surface area (Å²) in [6, 6.07) is 6.79. The zero-order valence-corrected chi connectivity index (χ0v) is 13.4. The minimum absolute atomic E-state index is 0.168. The van der Waals surface area contributed by atoms with Crippen molar-refractivity contribution >= 4 is 16.8 Å². The van der Waals surface area contributed by atoms with Crippen LogP contribution in [-0.2, 0) is 11.2 Å². The molecule has 2 atom stereocenters. The van der Waals surface area contributed by atoms with E-state index in [9.17, 15) is 4.79 Å². The lowest BCUT2D eigenvalue weighted by atomic mass is 9.92. The Morgan fingerprint density at radius 3 is 3.09 bits per heavy atom. The number of amides is 1. The number of fused-ring (bicyclic) bond motifs is 1. The molecule has 2 heterocycles. The van der Waals surface area contributed by atoms with Crippen LogP contribution in [0, 0.1) is 12.8 Å². The lowest BCUT2D eigenvalue weighted by Gasteiger charge is -2.27. The van der Waals surface area contributed by atoms with Gasteiger partial charge in [0, 0.05) is 35.6 Å². The number of piperidine rings is 1. The number of carbonyl (C=O) groups is 1. The molecule has 3 rings (SSSR count). The second kappa shape index (κ2) is 6.53. The molecule has 3 N–H and O–H groups in total. The molecule has 0 unspecified atom stereocenters. The molecular weight excluding hydrogens is 274 g/mol. The Morgan fingerprint density at radius 2 is 2.27 bits per heavy atom. The molecule has 0 saturated carbocycles. The van der Waals surface area contributed by atoms with Gasteiger partial charge in [-0.2, -0.15) is 0 Å². The number of hydrogen-bond acceptors (Lipinski definition) is 2. The SMILES string of the molecule is Cc1cccc2c(CCNC(=O)[C@H]3CCN[C@@H](C)C3)c[nH]c12. The summed E-state index contributed by atoms with van der Waals surface area (Å²) >= 11 is 0. The van der Waals surface area contributed by atoms with E-state index in [1.54, 1.807) is 0 Å². The fourth-order valence-electron chi connectivity index (χ4n) is 3.41. The van der Waals surface area contributed by atoms with Crippen LogP contribution in [0.3, 0.4) is 0 Å². The third-order valence-electron chi connectivity index (χ3n) is 4.70. The Bertz CT molecular complexity index is 661. The molecule has 1 aliphatic heterocycles. The van der Waals surface area contributed by atoms with Crippen LogP contribution in [0.25, 0.3) is 10.9 Å². The van der Waals surface area contributed by atoms with Crippen molar-refractivity contribution in [2.24, 2.45) is 5.92 Å². The lowest BCUT2D eigenvalue weighted by Crippen LogP contribution is -2.42. The number of nitrogens with one attached hydrogen (secondary N) is 3. The molecule has 0 aliphatic carbocycles. The first-order valence-corrected chi connectivity index (χ1v) is 8.22. The van der Waals surface area contributed by atoms with Crippen LogP contribution < -0.4 is 10.6 Å². The molecule has 1 aromatic heterocycles. The normalized spacial score (nSPS) is 21.9. The van der Waals surface area contributed by atoms with Gasteiger partial charge in [0.15, 0.2) is 0 Å². The van der Waals surface area contributed by atoms with E-state index < -0.39 is 0 Å². The van der Waals surface area contributed by atoms with Crippen molar-refractivity contribution < 1.29 is 4.79 Å². The molecule has 1 saturated heterocycles. The predicted molar refractivity (Wildman–Crippen MR) is 89.9 cm³/mol. The molecule has 0 spiro atoms. The number of aromatic amines is 1. The van der Waals surface area contributed by atoms with Crippen molar-refractivity contribution in [3.63, 3.8) is 0 Å². The molecule has 118 valence electrons. The molecule has 4 heteroatoms. The third kappa shape index (κ3) is 3.17. The topological polar surface area (TPSA) is 56.9 Å². The monoisotopic (exact) mass is 299 g/mol. The summed E-state index contributed by atoms with van der Waals surface area (Å²) in [6.45, 7) is 5.91. The first kappa shape index (κ1) is 15.1. The largest absolute Gasteiger partial charge is 0.361 e. The van der Waals surface area contributed by atoms with Gasteiger partial charge in [-0.1, -0.05) is 18.2 Å². The predicted octanol–water partition coefficient (Wildman–Crippen LogP) is 2.52. The molecule has 1 aliphatic rings. The van der Waals surface area contributed by atoms with E-state index >= 15 is 0 Å². The second-order valence-corrected chi connectivity index (χ2v) is 6.43. The quantitative estimate of drug-likeness (QED) is 0.812. The van der Waals surface area contributed by atoms with Crippen LogP contribution in [0.2, 0.25) is 0 Å². The van der Waals surface area contributed by atoms with Gasteiger partial charge in [0.25, 0.3) is 0 Å². The van der Waals surface area contributed by atoms with Crippen molar-refractivity contribution in [2.75, 3.05) is 13.1 Å². The van der Waals surface area contributed by atoms with Crippen LogP contribution in [-0.4, -0.2) is 30.0 Å². The van der Waals surface area contributed by atoms with Gasteiger partial charge >= 0.3 is 0 Å². The van der Waals surface area contributed by atoms with Gasteiger partial charge in [0.05, 0.1) is 0 Å². The van der Waals surface area contributed by atoms with E-state index in [2.05, 4.69) is 53.9 Å². The molecule has 22 heavy (non-hydrogen) atoms. The molecular formula is C18H25N3O. The number of para-hydroxylation sites is 1. The highest BCUT2D eigenvalue weighted by atomic mass is 16.1. The third-order valence-corrected chi connectivity index (χ3v) is 4.70. The zero-order valence-electron chi connectivity index (χ0n) is 13.4. The highest BCUT2D eigenvalue weighted by Gasteiger charge is 2.24.